The maximum absolute atomic E-state index is 13.6. The molecule has 1 saturated carbocycles. The van der Waals surface area contributed by atoms with Crippen LogP contribution >= 0.6 is 0 Å². The smallest absolute Gasteiger partial charge is 0.257 e. The number of carbonyl (C=O) groups excluding carboxylic acids is 1. The minimum Gasteiger partial charge on any atom is -0.438 e. The number of rotatable bonds is 4. The topological polar surface area (TPSA) is 78.9 Å². The van der Waals surface area contributed by atoms with Gasteiger partial charge in [-0.3, -0.25) is 4.79 Å². The zero-order valence-electron chi connectivity index (χ0n) is 13.7. The fourth-order valence-corrected chi connectivity index (χ4v) is 2.85. The van der Waals surface area contributed by atoms with Crippen LogP contribution in [0, 0.1) is 11.6 Å². The summed E-state index contributed by atoms with van der Waals surface area (Å²) >= 11 is 0. The number of hydrogen-bond acceptors (Lipinski definition) is 3. The molecule has 0 aliphatic heterocycles. The highest BCUT2D eigenvalue weighted by Crippen LogP contribution is 2.25. The van der Waals surface area contributed by atoms with Crippen molar-refractivity contribution in [3.05, 3.63) is 53.7 Å². The molecule has 1 aliphatic carbocycles. The molecule has 1 aromatic carbocycles. The van der Waals surface area contributed by atoms with Gasteiger partial charge in [0, 0.05) is 18.9 Å². The fourth-order valence-electron chi connectivity index (χ4n) is 2.85. The average molecular weight is 348 g/mol. The van der Waals surface area contributed by atoms with E-state index in [4.69, 9.17) is 4.74 Å². The van der Waals surface area contributed by atoms with E-state index in [9.17, 15) is 13.6 Å². The SMILES string of the molecule is [NH3+]C1CCC(NC(=O)c2cc(F)cnc2Oc2ccc(F)cc2)CC1. The van der Waals surface area contributed by atoms with Crippen molar-refractivity contribution in [1.29, 1.82) is 0 Å². The Bertz CT molecular complexity index is 744. The van der Waals surface area contributed by atoms with Gasteiger partial charge in [0.15, 0.2) is 0 Å². The summed E-state index contributed by atoms with van der Waals surface area (Å²) in [5, 5.41) is 2.90. The van der Waals surface area contributed by atoms with E-state index in [1.807, 2.05) is 0 Å². The molecule has 0 radical (unpaired) electrons. The summed E-state index contributed by atoms with van der Waals surface area (Å²) in [5.41, 5.74) is 4.04. The van der Waals surface area contributed by atoms with E-state index in [0.29, 0.717) is 11.8 Å². The van der Waals surface area contributed by atoms with Gasteiger partial charge in [0.1, 0.15) is 22.9 Å². The van der Waals surface area contributed by atoms with Crippen LogP contribution in [-0.4, -0.2) is 23.0 Å². The Morgan fingerprint density at radius 2 is 1.80 bits per heavy atom. The van der Waals surface area contributed by atoms with Crippen LogP contribution in [0.2, 0.25) is 0 Å². The molecule has 7 heteroatoms. The van der Waals surface area contributed by atoms with Crippen LogP contribution in [0.3, 0.4) is 0 Å². The molecule has 2 aromatic rings. The molecule has 0 saturated heterocycles. The van der Waals surface area contributed by atoms with Crippen LogP contribution in [0.25, 0.3) is 0 Å². The number of nitrogens with one attached hydrogen (secondary N) is 1. The van der Waals surface area contributed by atoms with Crippen LogP contribution in [0.5, 0.6) is 11.6 Å². The lowest BCUT2D eigenvalue weighted by Gasteiger charge is -2.25. The molecule has 5 nitrogen and oxygen atoms in total. The van der Waals surface area contributed by atoms with Gasteiger partial charge in [-0.15, -0.1) is 0 Å². The molecule has 132 valence electrons. The van der Waals surface area contributed by atoms with E-state index in [0.717, 1.165) is 37.9 Å². The third kappa shape index (κ3) is 4.51. The number of quaternary nitrogens is 1. The molecule has 1 amide bonds. The summed E-state index contributed by atoms with van der Waals surface area (Å²) < 4.78 is 32.1. The van der Waals surface area contributed by atoms with Gasteiger partial charge in [-0.2, -0.15) is 0 Å². The number of amides is 1. The fraction of sp³-hybridized carbons (Fsp3) is 0.333. The maximum Gasteiger partial charge on any atom is 0.257 e. The number of hydrogen-bond donors (Lipinski definition) is 2. The summed E-state index contributed by atoms with van der Waals surface area (Å²) in [6.45, 7) is 0. The summed E-state index contributed by atoms with van der Waals surface area (Å²) in [6, 6.07) is 6.84. The zero-order chi connectivity index (χ0) is 17.8. The molecule has 25 heavy (non-hydrogen) atoms. The normalized spacial score (nSPS) is 20.1. The van der Waals surface area contributed by atoms with Gasteiger partial charge in [-0.05, 0) is 43.2 Å². The molecular weight excluding hydrogens is 328 g/mol. The van der Waals surface area contributed by atoms with Gasteiger partial charge in [0.05, 0.1) is 12.2 Å². The minimum absolute atomic E-state index is 0.0149. The lowest BCUT2D eigenvalue weighted by molar-refractivity contribution is -0.425. The lowest BCUT2D eigenvalue weighted by atomic mass is 9.91. The molecule has 3 rings (SSSR count). The molecule has 1 aromatic heterocycles. The van der Waals surface area contributed by atoms with Crippen LogP contribution < -0.4 is 15.8 Å². The maximum atomic E-state index is 13.6. The number of nitrogens with zero attached hydrogens (tertiary/aromatic N) is 1. The highest BCUT2D eigenvalue weighted by molar-refractivity contribution is 5.96. The molecule has 0 unspecified atom stereocenters. The number of pyridine rings is 1. The van der Waals surface area contributed by atoms with Gasteiger partial charge in [-0.25, -0.2) is 13.8 Å². The third-order valence-corrected chi connectivity index (χ3v) is 4.27. The average Bonchev–Trinajstić information content (AvgIpc) is 2.60. The Morgan fingerprint density at radius 1 is 1.12 bits per heavy atom. The highest BCUT2D eigenvalue weighted by Gasteiger charge is 2.24. The lowest BCUT2D eigenvalue weighted by Crippen LogP contribution is -2.62. The standard InChI is InChI=1S/C18H19F2N3O2/c19-11-1-7-15(8-2-11)25-18-16(9-12(20)10-22-18)17(24)23-14-5-3-13(21)4-6-14/h1-2,7-10,13-14H,3-6,21H2,(H,23,24)/p+1. The third-order valence-electron chi connectivity index (χ3n) is 4.27. The van der Waals surface area contributed by atoms with Gasteiger partial charge in [-0.1, -0.05) is 0 Å². The largest absolute Gasteiger partial charge is 0.438 e. The molecule has 1 fully saturated rings. The molecule has 0 atom stereocenters. The molecule has 0 bridgehead atoms. The Labute approximate surface area is 144 Å². The van der Waals surface area contributed by atoms with Gasteiger partial charge in [0.2, 0.25) is 5.88 Å². The molecule has 0 spiro atoms. The quantitative estimate of drug-likeness (QED) is 0.891. The van der Waals surface area contributed by atoms with Crippen molar-refractivity contribution < 1.29 is 24.0 Å². The Morgan fingerprint density at radius 3 is 2.48 bits per heavy atom. The Kier molecular flexibility index (Phi) is 5.23. The monoisotopic (exact) mass is 348 g/mol. The highest BCUT2D eigenvalue weighted by atomic mass is 19.1. The number of ether oxygens (including phenoxy) is 1. The number of benzene rings is 1. The van der Waals surface area contributed by atoms with Crippen molar-refractivity contribution in [2.75, 3.05) is 0 Å². The van der Waals surface area contributed by atoms with Crippen molar-refractivity contribution >= 4 is 5.91 Å². The second-order valence-electron chi connectivity index (χ2n) is 6.25. The number of aromatic nitrogens is 1. The van der Waals surface area contributed by atoms with Gasteiger partial charge in [0.25, 0.3) is 5.91 Å². The first kappa shape index (κ1) is 17.3. The van der Waals surface area contributed by atoms with Crippen molar-refractivity contribution in [2.45, 2.75) is 37.8 Å². The van der Waals surface area contributed by atoms with Crippen molar-refractivity contribution in [2.24, 2.45) is 0 Å². The zero-order valence-corrected chi connectivity index (χ0v) is 13.7. The Balaban J connectivity index is 1.76. The van der Waals surface area contributed by atoms with Crippen molar-refractivity contribution in [3.63, 3.8) is 0 Å². The van der Waals surface area contributed by atoms with Crippen molar-refractivity contribution in [1.82, 2.24) is 10.3 Å². The van der Waals surface area contributed by atoms with Gasteiger partial charge < -0.3 is 15.8 Å². The number of halogens is 2. The minimum atomic E-state index is -0.627. The van der Waals surface area contributed by atoms with E-state index >= 15 is 0 Å². The summed E-state index contributed by atoms with van der Waals surface area (Å²) in [4.78, 5) is 16.4. The molecular formula is C18H20F2N3O2+. The predicted molar refractivity (Wildman–Crippen MR) is 87.1 cm³/mol. The van der Waals surface area contributed by atoms with E-state index in [1.54, 1.807) is 0 Å². The predicted octanol–water partition coefficient (Wildman–Crippen LogP) is 2.43. The van der Waals surface area contributed by atoms with E-state index in [1.165, 1.54) is 24.3 Å². The van der Waals surface area contributed by atoms with Gasteiger partial charge >= 0.3 is 0 Å². The first-order valence-corrected chi connectivity index (χ1v) is 8.24. The van der Waals surface area contributed by atoms with E-state index in [-0.39, 0.29) is 17.5 Å². The van der Waals surface area contributed by atoms with Crippen LogP contribution in [0.15, 0.2) is 36.5 Å². The number of carbonyl (C=O) groups is 1. The van der Waals surface area contributed by atoms with Crippen molar-refractivity contribution in [3.8, 4) is 11.6 Å². The summed E-state index contributed by atoms with van der Waals surface area (Å²) in [5.74, 6) is -1.17. The molecule has 1 heterocycles. The second-order valence-corrected chi connectivity index (χ2v) is 6.25. The Hall–Kier alpha value is -2.54. The van der Waals surface area contributed by atoms with Crippen LogP contribution in [0.1, 0.15) is 36.0 Å². The summed E-state index contributed by atoms with van der Waals surface area (Å²) in [6.07, 6.45) is 4.56. The van der Waals surface area contributed by atoms with E-state index in [2.05, 4.69) is 16.0 Å². The summed E-state index contributed by atoms with van der Waals surface area (Å²) in [7, 11) is 0. The van der Waals surface area contributed by atoms with Crippen LogP contribution in [-0.2, 0) is 0 Å². The first-order chi connectivity index (χ1) is 12.0. The molecule has 4 N–H and O–H groups in total. The first-order valence-electron chi connectivity index (χ1n) is 8.24. The second kappa shape index (κ2) is 7.57. The van der Waals surface area contributed by atoms with Crippen LogP contribution in [0.4, 0.5) is 8.78 Å². The molecule has 1 aliphatic rings. The van der Waals surface area contributed by atoms with E-state index < -0.39 is 17.5 Å².